The van der Waals surface area contributed by atoms with Crippen LogP contribution in [-0.4, -0.2) is 12.5 Å². The highest BCUT2D eigenvalue weighted by Gasteiger charge is 2.02. The van der Waals surface area contributed by atoms with E-state index in [0.717, 1.165) is 5.56 Å². The summed E-state index contributed by atoms with van der Waals surface area (Å²) in [5.74, 6) is -0.0799. The average Bonchev–Trinajstić information content (AvgIpc) is 2.45. The van der Waals surface area contributed by atoms with Gasteiger partial charge in [-0.1, -0.05) is 36.4 Å². The molecule has 0 saturated heterocycles. The number of amides is 1. The maximum absolute atomic E-state index is 11.7. The minimum atomic E-state index is -0.0799. The van der Waals surface area contributed by atoms with E-state index in [1.807, 2.05) is 30.3 Å². The maximum atomic E-state index is 11.7. The Balaban J connectivity index is 1.68. The number of anilines is 2. The second kappa shape index (κ2) is 7.31. The molecule has 0 atom stereocenters. The molecule has 0 saturated carbocycles. The molecule has 0 radical (unpaired) electrons. The van der Waals surface area contributed by atoms with Gasteiger partial charge in [-0.3, -0.25) is 4.79 Å². The van der Waals surface area contributed by atoms with Gasteiger partial charge in [-0.15, -0.1) is 0 Å². The van der Waals surface area contributed by atoms with E-state index >= 15 is 0 Å². The molecular formula is C16H18N2O2. The van der Waals surface area contributed by atoms with Crippen molar-refractivity contribution < 1.29 is 9.53 Å². The van der Waals surface area contributed by atoms with Crippen LogP contribution in [0.5, 0.6) is 0 Å². The van der Waals surface area contributed by atoms with E-state index in [0.29, 0.717) is 31.0 Å². The highest BCUT2D eigenvalue weighted by molar-refractivity contribution is 5.91. The van der Waals surface area contributed by atoms with Crippen LogP contribution in [-0.2, 0) is 16.1 Å². The van der Waals surface area contributed by atoms with Crippen molar-refractivity contribution in [1.29, 1.82) is 0 Å². The third-order valence-electron chi connectivity index (χ3n) is 2.76. The molecule has 3 N–H and O–H groups in total. The third-order valence-corrected chi connectivity index (χ3v) is 2.76. The second-order valence-corrected chi connectivity index (χ2v) is 4.46. The summed E-state index contributed by atoms with van der Waals surface area (Å²) in [6.07, 6.45) is 0.321. The predicted octanol–water partition coefficient (Wildman–Crippen LogP) is 2.81. The molecule has 0 aromatic heterocycles. The first kappa shape index (κ1) is 14.1. The number of rotatable bonds is 6. The van der Waals surface area contributed by atoms with Crippen molar-refractivity contribution in [3.05, 3.63) is 60.2 Å². The van der Waals surface area contributed by atoms with Gasteiger partial charge in [0.25, 0.3) is 0 Å². The van der Waals surface area contributed by atoms with Crippen LogP contribution >= 0.6 is 0 Å². The number of hydrogen-bond acceptors (Lipinski definition) is 3. The van der Waals surface area contributed by atoms with Gasteiger partial charge in [0, 0.05) is 11.4 Å². The number of carbonyl (C=O) groups excluding carboxylic acids is 1. The molecule has 1 amide bonds. The summed E-state index contributed by atoms with van der Waals surface area (Å²) in [5, 5.41) is 2.78. The van der Waals surface area contributed by atoms with Crippen molar-refractivity contribution in [3.8, 4) is 0 Å². The Hall–Kier alpha value is -2.33. The van der Waals surface area contributed by atoms with Gasteiger partial charge in [0.1, 0.15) is 0 Å². The summed E-state index contributed by atoms with van der Waals surface area (Å²) < 4.78 is 5.47. The van der Waals surface area contributed by atoms with Gasteiger partial charge in [0.05, 0.1) is 19.6 Å². The van der Waals surface area contributed by atoms with E-state index in [2.05, 4.69) is 5.32 Å². The maximum Gasteiger partial charge on any atom is 0.226 e. The molecule has 0 spiro atoms. The summed E-state index contributed by atoms with van der Waals surface area (Å²) in [5.41, 5.74) is 8.08. The van der Waals surface area contributed by atoms with E-state index in [4.69, 9.17) is 10.5 Å². The fourth-order valence-electron chi connectivity index (χ4n) is 1.77. The smallest absolute Gasteiger partial charge is 0.226 e. The van der Waals surface area contributed by atoms with Crippen molar-refractivity contribution >= 4 is 17.3 Å². The van der Waals surface area contributed by atoms with Crippen LogP contribution in [0.4, 0.5) is 11.4 Å². The van der Waals surface area contributed by atoms with Crippen molar-refractivity contribution in [2.75, 3.05) is 17.7 Å². The molecule has 20 heavy (non-hydrogen) atoms. The first-order chi connectivity index (χ1) is 9.74. The summed E-state index contributed by atoms with van der Waals surface area (Å²) in [7, 11) is 0. The fraction of sp³-hybridized carbons (Fsp3) is 0.188. The highest BCUT2D eigenvalue weighted by Crippen LogP contribution is 2.12. The van der Waals surface area contributed by atoms with Gasteiger partial charge in [-0.25, -0.2) is 0 Å². The third kappa shape index (κ3) is 4.74. The zero-order chi connectivity index (χ0) is 14.2. The minimum Gasteiger partial charge on any atom is -0.399 e. The van der Waals surface area contributed by atoms with Crippen LogP contribution in [0.1, 0.15) is 12.0 Å². The molecule has 4 heteroatoms. The molecule has 0 fully saturated rings. The Morgan fingerprint density at radius 1 is 1.10 bits per heavy atom. The Bertz CT molecular complexity index is 555. The highest BCUT2D eigenvalue weighted by atomic mass is 16.5. The van der Waals surface area contributed by atoms with Gasteiger partial charge in [-0.2, -0.15) is 0 Å². The van der Waals surface area contributed by atoms with Gasteiger partial charge >= 0.3 is 0 Å². The van der Waals surface area contributed by atoms with E-state index in [-0.39, 0.29) is 5.91 Å². The Labute approximate surface area is 118 Å². The molecule has 104 valence electrons. The molecule has 0 unspecified atom stereocenters. The lowest BCUT2D eigenvalue weighted by atomic mass is 10.2. The van der Waals surface area contributed by atoms with E-state index in [1.54, 1.807) is 24.3 Å². The lowest BCUT2D eigenvalue weighted by Crippen LogP contribution is -2.14. The number of nitrogens with two attached hydrogens (primary N) is 1. The number of nitrogen functional groups attached to an aromatic ring is 1. The van der Waals surface area contributed by atoms with Crippen LogP contribution in [0.3, 0.4) is 0 Å². The van der Waals surface area contributed by atoms with Crippen LogP contribution in [0.15, 0.2) is 54.6 Å². The first-order valence-electron chi connectivity index (χ1n) is 6.51. The number of hydrogen-bond donors (Lipinski definition) is 2. The van der Waals surface area contributed by atoms with Crippen LogP contribution in [0.2, 0.25) is 0 Å². The van der Waals surface area contributed by atoms with Crippen molar-refractivity contribution in [2.24, 2.45) is 0 Å². The monoisotopic (exact) mass is 270 g/mol. The Kier molecular flexibility index (Phi) is 5.15. The van der Waals surface area contributed by atoms with Crippen molar-refractivity contribution in [2.45, 2.75) is 13.0 Å². The molecule has 2 aromatic rings. The topological polar surface area (TPSA) is 64.3 Å². The molecule has 0 bridgehead atoms. The number of ether oxygens (including phenoxy) is 1. The van der Waals surface area contributed by atoms with E-state index in [9.17, 15) is 4.79 Å². The molecule has 2 rings (SSSR count). The first-order valence-corrected chi connectivity index (χ1v) is 6.51. The van der Waals surface area contributed by atoms with Crippen LogP contribution in [0.25, 0.3) is 0 Å². The largest absolute Gasteiger partial charge is 0.399 e. The summed E-state index contributed by atoms with van der Waals surface area (Å²) >= 11 is 0. The Morgan fingerprint density at radius 2 is 1.90 bits per heavy atom. The molecule has 0 aliphatic carbocycles. The standard InChI is InChI=1S/C16H18N2O2/c17-14-7-4-8-15(11-14)18-16(19)9-10-20-12-13-5-2-1-3-6-13/h1-8,11H,9-10,12,17H2,(H,18,19). The Morgan fingerprint density at radius 3 is 2.65 bits per heavy atom. The van der Waals surface area contributed by atoms with Crippen molar-refractivity contribution in [1.82, 2.24) is 0 Å². The average molecular weight is 270 g/mol. The van der Waals surface area contributed by atoms with Gasteiger partial charge in [0.2, 0.25) is 5.91 Å². The van der Waals surface area contributed by atoms with Gasteiger partial charge < -0.3 is 15.8 Å². The molecular weight excluding hydrogens is 252 g/mol. The normalized spacial score (nSPS) is 10.2. The van der Waals surface area contributed by atoms with Crippen molar-refractivity contribution in [3.63, 3.8) is 0 Å². The predicted molar refractivity (Wildman–Crippen MR) is 80.2 cm³/mol. The summed E-state index contributed by atoms with van der Waals surface area (Å²) in [6.45, 7) is 0.912. The van der Waals surface area contributed by atoms with Crippen LogP contribution < -0.4 is 11.1 Å². The fourth-order valence-corrected chi connectivity index (χ4v) is 1.77. The number of carbonyl (C=O) groups is 1. The number of benzene rings is 2. The van der Waals surface area contributed by atoms with Crippen LogP contribution in [0, 0.1) is 0 Å². The molecule has 4 nitrogen and oxygen atoms in total. The van der Waals surface area contributed by atoms with E-state index < -0.39 is 0 Å². The van der Waals surface area contributed by atoms with Gasteiger partial charge in [0.15, 0.2) is 0 Å². The summed E-state index contributed by atoms with van der Waals surface area (Å²) in [6, 6.07) is 17.0. The molecule has 0 heterocycles. The lowest BCUT2D eigenvalue weighted by molar-refractivity contribution is -0.117. The molecule has 0 aliphatic rings. The second-order valence-electron chi connectivity index (χ2n) is 4.46. The molecule has 2 aromatic carbocycles. The van der Waals surface area contributed by atoms with Gasteiger partial charge in [-0.05, 0) is 23.8 Å². The minimum absolute atomic E-state index is 0.0799. The quantitative estimate of drug-likeness (QED) is 0.626. The molecule has 0 aliphatic heterocycles. The SMILES string of the molecule is Nc1cccc(NC(=O)CCOCc2ccccc2)c1. The summed E-state index contributed by atoms with van der Waals surface area (Å²) in [4.78, 5) is 11.7. The number of nitrogens with one attached hydrogen (secondary N) is 1. The zero-order valence-electron chi connectivity index (χ0n) is 11.2. The zero-order valence-corrected chi connectivity index (χ0v) is 11.2. The van der Waals surface area contributed by atoms with E-state index in [1.165, 1.54) is 0 Å². The lowest BCUT2D eigenvalue weighted by Gasteiger charge is -2.07.